The number of phenols is 1. The lowest BCUT2D eigenvalue weighted by molar-refractivity contribution is -0.138. The average molecular weight is 216 g/mol. The third kappa shape index (κ3) is 2.00. The highest BCUT2D eigenvalue weighted by Gasteiger charge is 2.21. The number of halogens is 1. The number of carboxylic acids is 1. The zero-order valence-electron chi connectivity index (χ0n) is 6.85. The molecule has 0 aromatic heterocycles. The van der Waals surface area contributed by atoms with Gasteiger partial charge in [0.25, 0.3) is 0 Å². The first kappa shape index (κ1) is 10.5. The summed E-state index contributed by atoms with van der Waals surface area (Å²) in [5, 5.41) is 20.1. The largest absolute Gasteiger partial charge is 0.506 e. The Balaban J connectivity index is 3.12. The van der Waals surface area contributed by atoms with E-state index in [1.807, 2.05) is 0 Å². The summed E-state index contributed by atoms with van der Waals surface area (Å²) in [5.74, 6) is -1.53. The van der Waals surface area contributed by atoms with Crippen LogP contribution < -0.4 is 0 Å². The molecule has 1 aromatic carbocycles. The van der Waals surface area contributed by atoms with E-state index in [0.29, 0.717) is 0 Å². The molecule has 0 radical (unpaired) electrons. The van der Waals surface area contributed by atoms with Crippen LogP contribution in [0.1, 0.15) is 11.6 Å². The molecule has 0 aliphatic rings. The van der Waals surface area contributed by atoms with E-state index in [-0.39, 0.29) is 16.3 Å². The van der Waals surface area contributed by atoms with E-state index in [9.17, 15) is 9.70 Å². The minimum Gasteiger partial charge on any atom is -0.506 e. The van der Waals surface area contributed by atoms with Gasteiger partial charge in [-0.3, -0.25) is 0 Å². The van der Waals surface area contributed by atoms with Gasteiger partial charge in [-0.15, -0.1) is 4.91 Å². The van der Waals surface area contributed by atoms with Gasteiger partial charge in [0, 0.05) is 0 Å². The molecular weight excluding hydrogens is 210 g/mol. The van der Waals surface area contributed by atoms with Gasteiger partial charge in [0.05, 0.1) is 5.02 Å². The predicted molar refractivity (Wildman–Crippen MR) is 49.3 cm³/mol. The summed E-state index contributed by atoms with van der Waals surface area (Å²) in [6.07, 6.45) is 0. The third-order valence-corrected chi connectivity index (χ3v) is 1.93. The monoisotopic (exact) mass is 215 g/mol. The van der Waals surface area contributed by atoms with E-state index in [1.165, 1.54) is 18.2 Å². The number of hydrogen-bond acceptors (Lipinski definition) is 4. The van der Waals surface area contributed by atoms with Crippen LogP contribution in [0.15, 0.2) is 23.4 Å². The van der Waals surface area contributed by atoms with Crippen molar-refractivity contribution in [2.75, 3.05) is 0 Å². The second kappa shape index (κ2) is 4.06. The van der Waals surface area contributed by atoms with Crippen molar-refractivity contribution in [2.45, 2.75) is 6.04 Å². The molecule has 14 heavy (non-hydrogen) atoms. The molecule has 1 unspecified atom stereocenters. The lowest BCUT2D eigenvalue weighted by Crippen LogP contribution is -2.08. The van der Waals surface area contributed by atoms with Crippen molar-refractivity contribution in [3.8, 4) is 5.75 Å². The zero-order valence-corrected chi connectivity index (χ0v) is 7.60. The Morgan fingerprint density at radius 1 is 1.50 bits per heavy atom. The molecule has 5 nitrogen and oxygen atoms in total. The average Bonchev–Trinajstić information content (AvgIpc) is 2.11. The number of nitrogens with zero attached hydrogens (tertiary/aromatic N) is 1. The van der Waals surface area contributed by atoms with Crippen molar-refractivity contribution >= 4 is 17.6 Å². The summed E-state index contributed by atoms with van der Waals surface area (Å²) in [4.78, 5) is 20.7. The Hall–Kier alpha value is -1.62. The van der Waals surface area contributed by atoms with E-state index in [1.54, 1.807) is 0 Å². The molecule has 1 aromatic rings. The molecule has 0 saturated heterocycles. The van der Waals surface area contributed by atoms with Crippen LogP contribution in [0.2, 0.25) is 5.02 Å². The second-order valence-corrected chi connectivity index (χ2v) is 2.96. The summed E-state index contributed by atoms with van der Waals surface area (Å²) in [6, 6.07) is 2.19. The first-order chi connectivity index (χ1) is 6.56. The molecule has 0 fully saturated rings. The maximum atomic E-state index is 10.5. The van der Waals surface area contributed by atoms with Gasteiger partial charge in [0.15, 0.2) is 0 Å². The van der Waals surface area contributed by atoms with Gasteiger partial charge in [-0.25, -0.2) is 4.79 Å². The van der Waals surface area contributed by atoms with Gasteiger partial charge in [-0.05, 0) is 22.9 Å². The SMILES string of the molecule is O=NC(C(=O)O)c1ccc(O)c(Cl)c1. The zero-order chi connectivity index (χ0) is 10.7. The topological polar surface area (TPSA) is 87.0 Å². The molecule has 0 heterocycles. The molecule has 0 bridgehead atoms. The van der Waals surface area contributed by atoms with Gasteiger partial charge < -0.3 is 10.2 Å². The number of hydrogen-bond donors (Lipinski definition) is 2. The number of carboxylic acid groups (broad SMARTS) is 1. The van der Waals surface area contributed by atoms with Crippen LogP contribution in [0.3, 0.4) is 0 Å². The second-order valence-electron chi connectivity index (χ2n) is 2.56. The Morgan fingerprint density at radius 2 is 2.14 bits per heavy atom. The summed E-state index contributed by atoms with van der Waals surface area (Å²) >= 11 is 5.53. The van der Waals surface area contributed by atoms with Crippen LogP contribution in [-0.4, -0.2) is 16.2 Å². The highest BCUT2D eigenvalue weighted by atomic mass is 35.5. The molecule has 1 rings (SSSR count). The maximum Gasteiger partial charge on any atom is 0.336 e. The summed E-state index contributed by atoms with van der Waals surface area (Å²) < 4.78 is 0. The number of aromatic hydroxyl groups is 1. The fourth-order valence-electron chi connectivity index (χ4n) is 0.942. The normalized spacial score (nSPS) is 12.1. The molecule has 2 N–H and O–H groups in total. The van der Waals surface area contributed by atoms with E-state index >= 15 is 0 Å². The molecule has 0 aliphatic heterocycles. The quantitative estimate of drug-likeness (QED) is 0.755. The van der Waals surface area contributed by atoms with Gasteiger partial charge in [-0.2, -0.15) is 0 Å². The Kier molecular flexibility index (Phi) is 3.03. The lowest BCUT2D eigenvalue weighted by Gasteiger charge is -2.04. The van der Waals surface area contributed by atoms with Gasteiger partial charge in [0.2, 0.25) is 6.04 Å². The number of phenolic OH excluding ortho intramolecular Hbond substituents is 1. The summed E-state index contributed by atoms with van der Waals surface area (Å²) in [6.45, 7) is 0. The van der Waals surface area contributed by atoms with Crippen molar-refractivity contribution in [3.63, 3.8) is 0 Å². The van der Waals surface area contributed by atoms with Crippen LogP contribution >= 0.6 is 11.6 Å². The van der Waals surface area contributed by atoms with Crippen molar-refractivity contribution in [3.05, 3.63) is 33.7 Å². The van der Waals surface area contributed by atoms with Crippen molar-refractivity contribution < 1.29 is 15.0 Å². The lowest BCUT2D eigenvalue weighted by atomic mass is 10.1. The standard InChI is InChI=1S/C8H6ClNO4/c9-5-3-4(1-2-6(5)11)7(10-14)8(12)13/h1-3,7,11H,(H,12,13). The van der Waals surface area contributed by atoms with E-state index in [0.717, 1.165) is 0 Å². The molecule has 6 heteroatoms. The summed E-state index contributed by atoms with van der Waals surface area (Å²) in [7, 11) is 0. The molecule has 0 spiro atoms. The van der Waals surface area contributed by atoms with Crippen molar-refractivity contribution in [2.24, 2.45) is 5.18 Å². The smallest absolute Gasteiger partial charge is 0.336 e. The highest BCUT2D eigenvalue weighted by molar-refractivity contribution is 6.32. The number of carbonyl (C=O) groups is 1. The van der Waals surface area contributed by atoms with Crippen LogP contribution in [0.5, 0.6) is 5.75 Å². The number of benzene rings is 1. The van der Waals surface area contributed by atoms with Gasteiger partial charge >= 0.3 is 5.97 Å². The first-order valence-corrected chi connectivity index (χ1v) is 3.97. The molecule has 0 amide bonds. The number of aliphatic carboxylic acids is 1. The van der Waals surface area contributed by atoms with Crippen LogP contribution in [0.25, 0.3) is 0 Å². The molecule has 74 valence electrons. The fourth-order valence-corrected chi connectivity index (χ4v) is 1.13. The van der Waals surface area contributed by atoms with Crippen LogP contribution in [0.4, 0.5) is 0 Å². The summed E-state index contributed by atoms with van der Waals surface area (Å²) in [5.41, 5.74) is 0.135. The first-order valence-electron chi connectivity index (χ1n) is 3.60. The van der Waals surface area contributed by atoms with E-state index in [4.69, 9.17) is 21.8 Å². The maximum absolute atomic E-state index is 10.5. The Bertz CT molecular complexity index is 380. The van der Waals surface area contributed by atoms with E-state index < -0.39 is 12.0 Å². The highest BCUT2D eigenvalue weighted by Crippen LogP contribution is 2.27. The minimum atomic E-state index is -1.49. The third-order valence-electron chi connectivity index (χ3n) is 1.63. The molecule has 0 aliphatic carbocycles. The van der Waals surface area contributed by atoms with Crippen molar-refractivity contribution in [1.82, 2.24) is 0 Å². The molecule has 0 saturated carbocycles. The van der Waals surface area contributed by atoms with Crippen LogP contribution in [-0.2, 0) is 4.79 Å². The molecular formula is C8H6ClNO4. The number of nitroso groups, excluding NO2 is 1. The van der Waals surface area contributed by atoms with Crippen LogP contribution in [0, 0.1) is 4.91 Å². The van der Waals surface area contributed by atoms with Gasteiger partial charge in [0.1, 0.15) is 5.75 Å². The minimum absolute atomic E-state index is 0.0163. The predicted octanol–water partition coefficient (Wildman–Crippen LogP) is 1.94. The Morgan fingerprint density at radius 3 is 2.57 bits per heavy atom. The van der Waals surface area contributed by atoms with Gasteiger partial charge in [-0.1, -0.05) is 17.7 Å². The number of rotatable bonds is 3. The molecule has 1 atom stereocenters. The van der Waals surface area contributed by atoms with E-state index in [2.05, 4.69) is 5.18 Å². The Labute approximate surface area is 83.9 Å². The fraction of sp³-hybridized carbons (Fsp3) is 0.125. The van der Waals surface area contributed by atoms with Crippen molar-refractivity contribution in [1.29, 1.82) is 0 Å².